The molecule has 33 heavy (non-hydrogen) atoms. The molecule has 0 aliphatic carbocycles. The van der Waals surface area contributed by atoms with Gasteiger partial charge in [0, 0.05) is 22.7 Å². The second-order valence-corrected chi connectivity index (χ2v) is 7.85. The first kappa shape index (κ1) is 22.6. The number of nitrogens with one attached hydrogen (secondary N) is 1. The van der Waals surface area contributed by atoms with Gasteiger partial charge in [-0.1, -0.05) is 47.5 Å². The summed E-state index contributed by atoms with van der Waals surface area (Å²) in [5, 5.41) is 3.02. The number of hydrogen-bond acceptors (Lipinski definition) is 5. The highest BCUT2D eigenvalue weighted by Gasteiger charge is 2.38. The lowest BCUT2D eigenvalue weighted by Gasteiger charge is -2.27. The van der Waals surface area contributed by atoms with Gasteiger partial charge in [0.2, 0.25) is 0 Å². The van der Waals surface area contributed by atoms with Crippen LogP contribution in [0.3, 0.4) is 0 Å². The molecule has 1 aromatic heterocycles. The van der Waals surface area contributed by atoms with Crippen molar-refractivity contribution in [3.63, 3.8) is 0 Å². The van der Waals surface area contributed by atoms with Crippen LogP contribution in [0.2, 0.25) is 10.0 Å². The summed E-state index contributed by atoms with van der Waals surface area (Å²) in [5.74, 6) is -2.12. The van der Waals surface area contributed by atoms with Crippen molar-refractivity contribution in [3.8, 4) is 0 Å². The van der Waals surface area contributed by atoms with Crippen molar-refractivity contribution in [2.24, 2.45) is 0 Å². The second-order valence-electron chi connectivity index (χ2n) is 7.07. The van der Waals surface area contributed by atoms with E-state index < -0.39 is 23.8 Å². The van der Waals surface area contributed by atoms with Crippen LogP contribution >= 0.6 is 23.2 Å². The maximum atomic E-state index is 13.2. The average Bonchev–Trinajstić information content (AvgIpc) is 3.11. The van der Waals surface area contributed by atoms with E-state index in [-0.39, 0.29) is 34.5 Å². The van der Waals surface area contributed by atoms with E-state index in [1.54, 1.807) is 42.0 Å². The third kappa shape index (κ3) is 4.22. The Labute approximate surface area is 198 Å². The number of rotatable bonds is 5. The monoisotopic (exact) mass is 485 g/mol. The number of carbonyl (C=O) groups excluding carboxylic acids is 4. The molecule has 3 aromatic rings. The van der Waals surface area contributed by atoms with E-state index in [2.05, 4.69) is 5.32 Å². The van der Waals surface area contributed by atoms with Crippen LogP contribution in [-0.2, 0) is 25.7 Å². The number of anilines is 1. The minimum atomic E-state index is -0.934. The van der Waals surface area contributed by atoms with Crippen molar-refractivity contribution in [1.29, 1.82) is 0 Å². The van der Waals surface area contributed by atoms with E-state index in [0.29, 0.717) is 16.5 Å². The highest BCUT2D eigenvalue weighted by molar-refractivity contribution is 6.46. The van der Waals surface area contributed by atoms with Gasteiger partial charge in [-0.3, -0.25) is 19.7 Å². The quantitative estimate of drug-likeness (QED) is 0.332. The summed E-state index contributed by atoms with van der Waals surface area (Å²) in [5.41, 5.74) is 1.01. The Morgan fingerprint density at radius 3 is 2.61 bits per heavy atom. The maximum absolute atomic E-state index is 13.2. The number of fused-ring (bicyclic) bond motifs is 1. The summed E-state index contributed by atoms with van der Waals surface area (Å²) < 4.78 is 6.69. The number of carbonyl (C=O) groups is 4. The second kappa shape index (κ2) is 9.09. The van der Waals surface area contributed by atoms with Gasteiger partial charge in [0.25, 0.3) is 11.8 Å². The smallest absolute Gasteiger partial charge is 0.336 e. The number of benzene rings is 2. The normalized spacial score (nSPS) is 15.3. The van der Waals surface area contributed by atoms with E-state index in [0.717, 1.165) is 4.90 Å². The molecule has 4 rings (SSSR count). The molecule has 0 atom stereocenters. The lowest BCUT2D eigenvalue weighted by Crippen LogP contribution is -2.54. The van der Waals surface area contributed by atoms with Crippen LogP contribution in [0.25, 0.3) is 17.0 Å². The molecule has 0 unspecified atom stereocenters. The number of aromatic nitrogens is 1. The minimum absolute atomic E-state index is 0.00223. The highest BCUT2D eigenvalue weighted by Crippen LogP contribution is 2.34. The highest BCUT2D eigenvalue weighted by atomic mass is 35.5. The van der Waals surface area contributed by atoms with Crippen LogP contribution < -0.4 is 10.2 Å². The van der Waals surface area contributed by atoms with Gasteiger partial charge < -0.3 is 9.30 Å². The third-order valence-electron chi connectivity index (χ3n) is 5.00. The number of amides is 4. The Kier molecular flexibility index (Phi) is 6.22. The van der Waals surface area contributed by atoms with Gasteiger partial charge in [-0.2, -0.15) is 0 Å². The largest absolute Gasteiger partial charge is 0.465 e. The van der Waals surface area contributed by atoms with Gasteiger partial charge in [0.05, 0.1) is 22.3 Å². The van der Waals surface area contributed by atoms with Crippen LogP contribution in [0.1, 0.15) is 12.5 Å². The molecule has 1 aliphatic rings. The van der Waals surface area contributed by atoms with Crippen molar-refractivity contribution in [3.05, 3.63) is 69.8 Å². The predicted molar refractivity (Wildman–Crippen MR) is 124 cm³/mol. The number of urea groups is 1. The summed E-state index contributed by atoms with van der Waals surface area (Å²) in [6, 6.07) is 10.8. The summed E-state index contributed by atoms with van der Waals surface area (Å²) in [7, 11) is 0. The summed E-state index contributed by atoms with van der Waals surface area (Å²) in [6.07, 6.45) is 3.02. The van der Waals surface area contributed by atoms with E-state index in [1.807, 2.05) is 0 Å². The van der Waals surface area contributed by atoms with Gasteiger partial charge >= 0.3 is 12.0 Å². The fourth-order valence-corrected chi connectivity index (χ4v) is 3.94. The van der Waals surface area contributed by atoms with Gasteiger partial charge in [-0.15, -0.1) is 0 Å². The van der Waals surface area contributed by atoms with Crippen LogP contribution in [0, 0.1) is 0 Å². The topological polar surface area (TPSA) is 97.7 Å². The Balaban J connectivity index is 1.79. The molecule has 0 radical (unpaired) electrons. The minimum Gasteiger partial charge on any atom is -0.465 e. The number of halogens is 2. The van der Waals surface area contributed by atoms with Crippen LogP contribution in [0.5, 0.6) is 0 Å². The number of esters is 1. The number of ether oxygens (including phenoxy) is 1. The molecule has 1 N–H and O–H groups in total. The van der Waals surface area contributed by atoms with E-state index >= 15 is 0 Å². The van der Waals surface area contributed by atoms with Crippen molar-refractivity contribution < 1.29 is 23.9 Å². The number of para-hydroxylation sites is 1. The fraction of sp³-hybridized carbons (Fsp3) is 0.130. The molecule has 1 saturated heterocycles. The van der Waals surface area contributed by atoms with Gasteiger partial charge in [0.15, 0.2) is 0 Å². The van der Waals surface area contributed by atoms with Gasteiger partial charge in [-0.05, 0) is 31.2 Å². The molecule has 0 saturated carbocycles. The third-order valence-corrected chi connectivity index (χ3v) is 5.81. The first-order chi connectivity index (χ1) is 15.8. The molecule has 0 spiro atoms. The van der Waals surface area contributed by atoms with Gasteiger partial charge in [-0.25, -0.2) is 9.69 Å². The molecule has 4 amide bonds. The standard InChI is InChI=1S/C23H17Cl2N3O5/c1-2-33-19(29)12-27-11-13(14-6-3-4-8-17(14)27)10-15-21(30)26-23(32)28(22(15)31)18-9-5-7-16(24)20(18)25/h3-11H,2,12H2,1H3,(H,26,30,32). The Morgan fingerprint density at radius 2 is 1.85 bits per heavy atom. The van der Waals surface area contributed by atoms with E-state index in [4.69, 9.17) is 27.9 Å². The van der Waals surface area contributed by atoms with Crippen LogP contribution in [-0.4, -0.2) is 35.0 Å². The van der Waals surface area contributed by atoms with Crippen molar-refractivity contribution in [2.45, 2.75) is 13.5 Å². The Morgan fingerprint density at radius 1 is 1.09 bits per heavy atom. The van der Waals surface area contributed by atoms with Gasteiger partial charge in [0.1, 0.15) is 12.1 Å². The molecule has 0 bridgehead atoms. The zero-order valence-corrected chi connectivity index (χ0v) is 18.8. The first-order valence-electron chi connectivity index (χ1n) is 9.90. The summed E-state index contributed by atoms with van der Waals surface area (Å²) >= 11 is 12.2. The van der Waals surface area contributed by atoms with Crippen molar-refractivity contribution in [1.82, 2.24) is 9.88 Å². The number of hydrogen-bond donors (Lipinski definition) is 1. The zero-order valence-electron chi connectivity index (χ0n) is 17.3. The number of imide groups is 2. The lowest BCUT2D eigenvalue weighted by molar-refractivity contribution is -0.143. The fourth-order valence-electron chi connectivity index (χ4n) is 3.56. The molecule has 10 heteroatoms. The van der Waals surface area contributed by atoms with Crippen molar-refractivity contribution in [2.75, 3.05) is 11.5 Å². The Hall–Kier alpha value is -3.62. The first-order valence-corrected chi connectivity index (χ1v) is 10.7. The predicted octanol–water partition coefficient (Wildman–Crippen LogP) is 4.18. The molecular weight excluding hydrogens is 469 g/mol. The number of nitrogens with zero attached hydrogens (tertiary/aromatic N) is 2. The zero-order chi connectivity index (χ0) is 23.7. The maximum Gasteiger partial charge on any atom is 0.336 e. The van der Waals surface area contributed by atoms with Crippen LogP contribution in [0.15, 0.2) is 54.2 Å². The number of barbiturate groups is 1. The summed E-state index contributed by atoms with van der Waals surface area (Å²) in [6.45, 7) is 1.92. The van der Waals surface area contributed by atoms with E-state index in [9.17, 15) is 19.2 Å². The SMILES string of the molecule is CCOC(=O)Cn1cc(C=C2C(=O)NC(=O)N(c3cccc(Cl)c3Cl)C2=O)c2ccccc21. The van der Waals surface area contributed by atoms with Crippen LogP contribution in [0.4, 0.5) is 10.5 Å². The summed E-state index contributed by atoms with van der Waals surface area (Å²) in [4.78, 5) is 51.0. The molecule has 1 aliphatic heterocycles. The van der Waals surface area contributed by atoms with Crippen molar-refractivity contribution >= 4 is 69.7 Å². The lowest BCUT2D eigenvalue weighted by atomic mass is 10.1. The Bertz CT molecular complexity index is 1350. The molecule has 2 heterocycles. The van der Waals surface area contributed by atoms with E-state index in [1.165, 1.54) is 24.3 Å². The molecular formula is C23H17Cl2N3O5. The molecule has 2 aromatic carbocycles. The molecule has 1 fully saturated rings. The molecule has 168 valence electrons. The molecule has 8 nitrogen and oxygen atoms in total. The average molecular weight is 486 g/mol.